The zero-order chi connectivity index (χ0) is 16.8. The number of methoxy groups -OCH3 is 1. The second kappa shape index (κ2) is 7.95. The number of carbonyl (C=O) groups excluding carboxylic acids is 1. The van der Waals surface area contributed by atoms with Crippen LogP contribution in [0.4, 0.5) is 5.69 Å². The number of hydrogen-bond acceptors (Lipinski definition) is 4. The van der Waals surface area contributed by atoms with Gasteiger partial charge in [-0.25, -0.2) is 0 Å². The molecule has 0 fully saturated rings. The van der Waals surface area contributed by atoms with Gasteiger partial charge in [-0.15, -0.1) is 0 Å². The van der Waals surface area contributed by atoms with Gasteiger partial charge in [-0.2, -0.15) is 0 Å². The molecule has 0 saturated heterocycles. The van der Waals surface area contributed by atoms with Crippen molar-refractivity contribution in [3.05, 3.63) is 35.5 Å². The Balaban J connectivity index is 2.63. The van der Waals surface area contributed by atoms with Gasteiger partial charge in [-0.05, 0) is 26.3 Å². The maximum Gasteiger partial charge on any atom is 0.310 e. The predicted octanol–water partition coefficient (Wildman–Crippen LogP) is 3.89. The first kappa shape index (κ1) is 17.3. The summed E-state index contributed by atoms with van der Waals surface area (Å²) in [6.45, 7) is 8.21. The van der Waals surface area contributed by atoms with Gasteiger partial charge in [0.2, 0.25) is 0 Å². The largest absolute Gasteiger partial charge is 0.469 e. The summed E-state index contributed by atoms with van der Waals surface area (Å²) < 4.78 is 4.89. The van der Waals surface area contributed by atoms with Crippen molar-refractivity contribution >= 4 is 22.6 Å². The van der Waals surface area contributed by atoms with Gasteiger partial charge in [-0.3, -0.25) is 9.78 Å². The van der Waals surface area contributed by atoms with E-state index in [0.29, 0.717) is 0 Å². The number of aromatic nitrogens is 1. The fraction of sp³-hybridized carbons (Fsp3) is 0.474. The molecule has 1 aromatic carbocycles. The van der Waals surface area contributed by atoms with Gasteiger partial charge in [0, 0.05) is 29.7 Å². The molecule has 1 aromatic heterocycles. The van der Waals surface area contributed by atoms with Crippen molar-refractivity contribution in [1.29, 1.82) is 0 Å². The number of carbonyl (C=O) groups is 1. The van der Waals surface area contributed by atoms with Gasteiger partial charge >= 0.3 is 5.97 Å². The van der Waals surface area contributed by atoms with Crippen molar-refractivity contribution in [2.45, 2.75) is 40.0 Å². The molecular formula is C19H26N2O2. The van der Waals surface area contributed by atoms with E-state index in [0.717, 1.165) is 53.8 Å². The molecule has 2 aromatic rings. The van der Waals surface area contributed by atoms with Crippen LogP contribution in [0, 0.1) is 6.92 Å². The van der Waals surface area contributed by atoms with Crippen molar-refractivity contribution in [2.75, 3.05) is 25.1 Å². The van der Waals surface area contributed by atoms with Gasteiger partial charge in [0.25, 0.3) is 0 Å². The molecular weight excluding hydrogens is 288 g/mol. The van der Waals surface area contributed by atoms with Crippen molar-refractivity contribution in [2.24, 2.45) is 0 Å². The van der Waals surface area contributed by atoms with Crippen molar-refractivity contribution in [3.8, 4) is 0 Å². The van der Waals surface area contributed by atoms with Gasteiger partial charge in [0.15, 0.2) is 0 Å². The Morgan fingerprint density at radius 1 is 1.26 bits per heavy atom. The molecule has 0 aliphatic heterocycles. The lowest BCUT2D eigenvalue weighted by atomic mass is 10.0. The molecule has 124 valence electrons. The van der Waals surface area contributed by atoms with Crippen LogP contribution in [0.5, 0.6) is 0 Å². The fourth-order valence-corrected chi connectivity index (χ4v) is 2.92. The van der Waals surface area contributed by atoms with E-state index in [4.69, 9.17) is 4.74 Å². The van der Waals surface area contributed by atoms with Crippen LogP contribution in [0.1, 0.15) is 37.9 Å². The van der Waals surface area contributed by atoms with Gasteiger partial charge in [0.1, 0.15) is 0 Å². The molecule has 0 saturated carbocycles. The summed E-state index contributed by atoms with van der Waals surface area (Å²) in [5, 5.41) is 1.11. The minimum absolute atomic E-state index is 0.224. The number of benzene rings is 1. The van der Waals surface area contributed by atoms with E-state index in [1.165, 1.54) is 7.11 Å². The molecule has 0 spiro atoms. The number of pyridine rings is 1. The first-order chi connectivity index (χ1) is 11.1. The average Bonchev–Trinajstić information content (AvgIpc) is 2.57. The molecule has 0 bridgehead atoms. The number of fused-ring (bicyclic) bond motifs is 1. The van der Waals surface area contributed by atoms with Crippen LogP contribution in [0.2, 0.25) is 0 Å². The van der Waals surface area contributed by atoms with E-state index in [1.54, 1.807) is 0 Å². The van der Waals surface area contributed by atoms with Crippen molar-refractivity contribution in [3.63, 3.8) is 0 Å². The zero-order valence-electron chi connectivity index (χ0n) is 14.6. The van der Waals surface area contributed by atoms with Crippen LogP contribution in [-0.4, -0.2) is 31.2 Å². The molecule has 0 aliphatic carbocycles. The van der Waals surface area contributed by atoms with Gasteiger partial charge in [0.05, 0.1) is 24.7 Å². The lowest BCUT2D eigenvalue weighted by molar-refractivity contribution is -0.139. The molecule has 1 heterocycles. The van der Waals surface area contributed by atoms with Gasteiger partial charge < -0.3 is 9.64 Å². The first-order valence-corrected chi connectivity index (χ1v) is 8.32. The summed E-state index contributed by atoms with van der Waals surface area (Å²) in [6, 6.07) is 8.15. The molecule has 23 heavy (non-hydrogen) atoms. The number of esters is 1. The summed E-state index contributed by atoms with van der Waals surface area (Å²) in [7, 11) is 1.43. The Labute approximate surface area is 138 Å². The highest BCUT2D eigenvalue weighted by Gasteiger charge is 2.19. The molecule has 0 unspecified atom stereocenters. The van der Waals surface area contributed by atoms with Crippen LogP contribution in [-0.2, 0) is 16.0 Å². The Bertz CT molecular complexity index is 682. The molecule has 4 heteroatoms. The molecule has 0 N–H and O–H groups in total. The Morgan fingerprint density at radius 2 is 2.00 bits per heavy atom. The summed E-state index contributed by atoms with van der Waals surface area (Å²) in [4.78, 5) is 18.9. The summed E-state index contributed by atoms with van der Waals surface area (Å²) in [5.41, 5.74) is 3.99. The summed E-state index contributed by atoms with van der Waals surface area (Å²) in [5.74, 6) is -0.224. The minimum Gasteiger partial charge on any atom is -0.469 e. The molecule has 4 nitrogen and oxygen atoms in total. The molecule has 0 amide bonds. The Kier molecular flexibility index (Phi) is 5.97. The van der Waals surface area contributed by atoms with Crippen LogP contribution in [0.3, 0.4) is 0 Å². The van der Waals surface area contributed by atoms with Crippen LogP contribution in [0.25, 0.3) is 10.9 Å². The SMILES string of the molecule is CCCCN(CC)c1c(CC(=O)OC)c(C)nc2ccccc12. The average molecular weight is 314 g/mol. The minimum atomic E-state index is -0.224. The highest BCUT2D eigenvalue weighted by atomic mass is 16.5. The number of anilines is 1. The lowest BCUT2D eigenvalue weighted by Crippen LogP contribution is -2.26. The Morgan fingerprint density at radius 3 is 2.65 bits per heavy atom. The van der Waals surface area contributed by atoms with E-state index in [-0.39, 0.29) is 12.4 Å². The number of rotatable bonds is 7. The van der Waals surface area contributed by atoms with Crippen LogP contribution < -0.4 is 4.90 Å². The van der Waals surface area contributed by atoms with E-state index in [9.17, 15) is 4.79 Å². The highest BCUT2D eigenvalue weighted by molar-refractivity contribution is 5.95. The fourth-order valence-electron chi connectivity index (χ4n) is 2.92. The quantitative estimate of drug-likeness (QED) is 0.727. The van der Waals surface area contributed by atoms with Crippen LogP contribution in [0.15, 0.2) is 24.3 Å². The standard InChI is InChI=1S/C19H26N2O2/c1-5-7-12-21(6-2)19-15-10-8-9-11-17(15)20-14(3)16(19)13-18(22)23-4/h8-11H,5-7,12-13H2,1-4H3. The lowest BCUT2D eigenvalue weighted by Gasteiger charge is -2.28. The number of aryl methyl sites for hydroxylation is 1. The molecule has 0 aliphatic rings. The number of hydrogen-bond donors (Lipinski definition) is 0. The molecule has 0 atom stereocenters. The van der Waals surface area contributed by atoms with E-state index >= 15 is 0 Å². The van der Waals surface area contributed by atoms with Gasteiger partial charge in [-0.1, -0.05) is 31.5 Å². The zero-order valence-corrected chi connectivity index (χ0v) is 14.6. The number of para-hydroxylation sites is 1. The number of nitrogens with zero attached hydrogens (tertiary/aromatic N) is 2. The smallest absolute Gasteiger partial charge is 0.310 e. The maximum absolute atomic E-state index is 11.9. The molecule has 2 rings (SSSR count). The first-order valence-electron chi connectivity index (χ1n) is 8.32. The second-order valence-electron chi connectivity index (χ2n) is 5.73. The van der Waals surface area contributed by atoms with Crippen molar-refractivity contribution < 1.29 is 9.53 Å². The summed E-state index contributed by atoms with van der Waals surface area (Å²) >= 11 is 0. The van der Waals surface area contributed by atoms with E-state index in [1.807, 2.05) is 25.1 Å². The monoisotopic (exact) mass is 314 g/mol. The third-order valence-electron chi connectivity index (χ3n) is 4.20. The second-order valence-corrected chi connectivity index (χ2v) is 5.73. The third-order valence-corrected chi connectivity index (χ3v) is 4.20. The van der Waals surface area contributed by atoms with E-state index < -0.39 is 0 Å². The third kappa shape index (κ3) is 3.81. The number of ether oxygens (including phenoxy) is 1. The number of unbranched alkanes of at least 4 members (excludes halogenated alkanes) is 1. The van der Waals surface area contributed by atoms with Crippen LogP contribution >= 0.6 is 0 Å². The molecule has 0 radical (unpaired) electrons. The predicted molar refractivity (Wildman–Crippen MR) is 95.0 cm³/mol. The Hall–Kier alpha value is -2.10. The topological polar surface area (TPSA) is 42.4 Å². The maximum atomic E-state index is 11.9. The van der Waals surface area contributed by atoms with Crippen molar-refractivity contribution in [1.82, 2.24) is 4.98 Å². The summed E-state index contributed by atoms with van der Waals surface area (Å²) in [6.07, 6.45) is 2.53. The highest BCUT2D eigenvalue weighted by Crippen LogP contribution is 2.32. The normalized spacial score (nSPS) is 10.8. The van der Waals surface area contributed by atoms with E-state index in [2.05, 4.69) is 29.8 Å².